The van der Waals surface area contributed by atoms with E-state index in [4.69, 9.17) is 0 Å². The smallest absolute Gasteiger partial charge is 0.0649 e. The Kier molecular flexibility index (Phi) is 15.8. The lowest BCUT2D eigenvalue weighted by Crippen LogP contribution is -2.32. The van der Waals surface area contributed by atoms with Crippen molar-refractivity contribution in [1.29, 1.82) is 0 Å². The SMILES string of the molecule is C/C=C\c1c(C=C(C)C)ccc(N(C2=CCCC=C2)c2ccc3c(c2)N(C2=CC=C(c4cccc5c4C4=C(CCC=C4)C5)CC2)C2=C\Sc4cc(C(C)(C)C)ccc4N(c4ccc(-c5ccccc5)c(C(C)(C)C)c4)C3C/C(C)=C\2)c1-c1ccccc1. The van der Waals surface area contributed by atoms with E-state index < -0.39 is 0 Å². The van der Waals surface area contributed by atoms with Crippen molar-refractivity contribution >= 4 is 63.5 Å². The molecule has 0 radical (unpaired) electrons. The van der Waals surface area contributed by atoms with Crippen LogP contribution in [0.25, 0.3) is 45.6 Å². The van der Waals surface area contributed by atoms with Gasteiger partial charge in [0.25, 0.3) is 0 Å². The molecule has 0 N–H and O–H groups in total. The Hall–Kier alpha value is -8.31. The summed E-state index contributed by atoms with van der Waals surface area (Å²) >= 11 is 1.88. The van der Waals surface area contributed by atoms with Gasteiger partial charge < -0.3 is 14.7 Å². The number of allylic oxidation sites excluding steroid dienone is 14. The third kappa shape index (κ3) is 11.3. The fraction of sp³-hybridized carbons (Fsp3) is 0.253. The van der Waals surface area contributed by atoms with Gasteiger partial charge in [-0.15, -0.1) is 0 Å². The highest BCUT2D eigenvalue weighted by Gasteiger charge is 2.37. The molecule has 13 rings (SSSR count). The number of hydrogen-bond donors (Lipinski definition) is 0. The summed E-state index contributed by atoms with van der Waals surface area (Å²) in [6.07, 6.45) is 34.3. The van der Waals surface area contributed by atoms with Crippen LogP contribution in [0.15, 0.2) is 244 Å². The summed E-state index contributed by atoms with van der Waals surface area (Å²) < 4.78 is 0. The number of thioether (sulfide) groups is 1. The van der Waals surface area contributed by atoms with Crippen molar-refractivity contribution in [2.45, 2.75) is 142 Å². The Bertz CT molecular complexity index is 4180. The molecule has 0 saturated carbocycles. The van der Waals surface area contributed by atoms with Crippen molar-refractivity contribution in [1.82, 2.24) is 0 Å². The molecule has 4 aliphatic carbocycles. The summed E-state index contributed by atoms with van der Waals surface area (Å²) in [5.74, 6) is 0. The second-order valence-electron chi connectivity index (χ2n) is 26.9. The number of fused-ring (bicyclic) bond motifs is 4. The maximum Gasteiger partial charge on any atom is 0.0649 e. The molecule has 0 saturated heterocycles. The summed E-state index contributed by atoms with van der Waals surface area (Å²) in [4.78, 5) is 9.23. The van der Waals surface area contributed by atoms with E-state index in [1.807, 2.05) is 11.8 Å². The Morgan fingerprint density at radius 1 is 0.678 bits per heavy atom. The molecule has 2 heterocycles. The summed E-state index contributed by atoms with van der Waals surface area (Å²) in [5.41, 5.74) is 32.1. The predicted octanol–water partition coefficient (Wildman–Crippen LogP) is 23.8. The molecule has 0 aromatic heterocycles. The van der Waals surface area contributed by atoms with E-state index in [0.717, 1.165) is 62.7 Å². The fourth-order valence-electron chi connectivity index (χ4n) is 14.2. The minimum atomic E-state index is -0.142. The minimum Gasteiger partial charge on any atom is -0.333 e. The number of anilines is 5. The lowest BCUT2D eigenvalue weighted by molar-refractivity contribution is 0.587. The van der Waals surface area contributed by atoms with Crippen LogP contribution in [0.2, 0.25) is 0 Å². The van der Waals surface area contributed by atoms with Gasteiger partial charge in [-0.25, -0.2) is 0 Å². The third-order valence-electron chi connectivity index (χ3n) is 18.4. The predicted molar refractivity (Wildman–Crippen MR) is 377 cm³/mol. The monoisotopic (exact) mass is 1150 g/mol. The third-order valence-corrected chi connectivity index (χ3v) is 19.3. The first-order valence-corrected chi connectivity index (χ1v) is 32.7. The molecule has 0 spiro atoms. The molecule has 6 aliphatic rings. The Morgan fingerprint density at radius 3 is 2.20 bits per heavy atom. The van der Waals surface area contributed by atoms with Crippen LogP contribution < -0.4 is 14.7 Å². The van der Waals surface area contributed by atoms with Crippen LogP contribution >= 0.6 is 11.8 Å². The first-order chi connectivity index (χ1) is 42.1. The standard InChI is InChI=1S/C83H83N3S/c1-11-24-70-61(47-55(2)3)37-45-76(81(70)59-27-17-13-18-28-59)84(64-31-19-14-20-32-64)67-42-44-73-77-49-56(4)48-68(85(78(73)53-67)65-39-35-58(36-40-65)71-34-23-30-62-50-60-29-21-22-33-72(60)80(62)71)54-87-79-51-63(82(5,6)7)38-46-75(79)86(77)66-41-43-69(57-25-15-12-16-26-57)74(52-66)83(8,9)10/h11-13,15-19,22-28,30-35,37-39,41-48,51-54,77H,14,20-21,29,36,40,49-50H2,1-10H3/b24-11-,56-48-,68-54-. The molecule has 0 fully saturated rings. The van der Waals surface area contributed by atoms with Gasteiger partial charge in [-0.05, 0) is 223 Å². The molecule has 87 heavy (non-hydrogen) atoms. The normalized spacial score (nSPS) is 18.6. The van der Waals surface area contributed by atoms with Crippen molar-refractivity contribution in [2.75, 3.05) is 14.7 Å². The van der Waals surface area contributed by atoms with Gasteiger partial charge in [-0.3, -0.25) is 0 Å². The van der Waals surface area contributed by atoms with Gasteiger partial charge in [0.05, 0.1) is 28.8 Å². The summed E-state index contributed by atoms with van der Waals surface area (Å²) in [5, 5.41) is 2.48. The summed E-state index contributed by atoms with van der Waals surface area (Å²) in [6, 6.07) is 55.9. The van der Waals surface area contributed by atoms with Crippen LogP contribution in [0, 0.1) is 0 Å². The number of benzene rings is 7. The molecule has 1 unspecified atom stereocenters. The molecule has 3 nitrogen and oxygen atoms in total. The van der Waals surface area contributed by atoms with Crippen LogP contribution in [0.4, 0.5) is 28.4 Å². The second-order valence-corrected chi connectivity index (χ2v) is 27.8. The average Bonchev–Trinajstić information content (AvgIpc) is 2.02. The molecule has 2 aliphatic heterocycles. The first-order valence-electron chi connectivity index (χ1n) is 31.8. The maximum absolute atomic E-state index is 2.73. The van der Waals surface area contributed by atoms with Crippen LogP contribution in [0.1, 0.15) is 165 Å². The zero-order chi connectivity index (χ0) is 60.1. The van der Waals surface area contributed by atoms with Gasteiger partial charge in [-0.2, -0.15) is 0 Å². The lowest BCUT2D eigenvalue weighted by Gasteiger charge is -2.43. The number of rotatable bonds is 10. The quantitative estimate of drug-likeness (QED) is 0.135. The first kappa shape index (κ1) is 57.7. The zero-order valence-corrected chi connectivity index (χ0v) is 53.6. The van der Waals surface area contributed by atoms with Crippen LogP contribution in [-0.2, 0) is 17.3 Å². The van der Waals surface area contributed by atoms with E-state index in [9.17, 15) is 0 Å². The number of hydrogen-bond acceptors (Lipinski definition) is 4. The average molecular weight is 1150 g/mol. The van der Waals surface area contributed by atoms with Crippen LogP contribution in [-0.4, -0.2) is 0 Å². The zero-order valence-electron chi connectivity index (χ0n) is 52.8. The van der Waals surface area contributed by atoms with Crippen LogP contribution in [0.5, 0.6) is 0 Å². The molecular weight excluding hydrogens is 1070 g/mol. The van der Waals surface area contributed by atoms with Gasteiger partial charge >= 0.3 is 0 Å². The largest absolute Gasteiger partial charge is 0.333 e. The van der Waals surface area contributed by atoms with Crippen molar-refractivity contribution < 1.29 is 0 Å². The van der Waals surface area contributed by atoms with Gasteiger partial charge in [-0.1, -0.05) is 222 Å². The lowest BCUT2D eigenvalue weighted by atomic mass is 9.81. The molecule has 7 aromatic carbocycles. The van der Waals surface area contributed by atoms with E-state index in [1.54, 1.807) is 5.57 Å². The van der Waals surface area contributed by atoms with E-state index in [2.05, 4.69) is 302 Å². The van der Waals surface area contributed by atoms with Crippen molar-refractivity contribution in [3.05, 3.63) is 284 Å². The molecule has 436 valence electrons. The summed E-state index contributed by atoms with van der Waals surface area (Å²) in [6.45, 7) is 23.1. The van der Waals surface area contributed by atoms with Crippen molar-refractivity contribution in [3.63, 3.8) is 0 Å². The van der Waals surface area contributed by atoms with Gasteiger partial charge in [0.15, 0.2) is 0 Å². The van der Waals surface area contributed by atoms with Crippen molar-refractivity contribution in [2.24, 2.45) is 0 Å². The molecule has 1 atom stereocenters. The summed E-state index contributed by atoms with van der Waals surface area (Å²) in [7, 11) is 0. The molecule has 0 amide bonds. The van der Waals surface area contributed by atoms with Gasteiger partial charge in [0, 0.05) is 38.6 Å². The molecule has 2 bridgehead atoms. The number of nitrogens with zero attached hydrogens (tertiary/aromatic N) is 3. The van der Waals surface area contributed by atoms with E-state index in [0.29, 0.717) is 0 Å². The maximum atomic E-state index is 2.73. The van der Waals surface area contributed by atoms with Crippen LogP contribution in [0.3, 0.4) is 0 Å². The molecule has 4 heteroatoms. The topological polar surface area (TPSA) is 9.72 Å². The van der Waals surface area contributed by atoms with Gasteiger partial charge in [0.1, 0.15) is 0 Å². The van der Waals surface area contributed by atoms with E-state index in [1.165, 1.54) is 128 Å². The molecule has 7 aromatic rings. The van der Waals surface area contributed by atoms with E-state index in [-0.39, 0.29) is 16.9 Å². The Labute approximate surface area is 523 Å². The Morgan fingerprint density at radius 2 is 1.47 bits per heavy atom. The fourth-order valence-corrected chi connectivity index (χ4v) is 15.1. The van der Waals surface area contributed by atoms with E-state index >= 15 is 0 Å². The highest BCUT2D eigenvalue weighted by Crippen LogP contribution is 2.54. The second kappa shape index (κ2) is 23.8. The molecular formula is C83H83N3S. The van der Waals surface area contributed by atoms with Gasteiger partial charge in [0.2, 0.25) is 0 Å². The highest BCUT2D eigenvalue weighted by atomic mass is 32.2. The van der Waals surface area contributed by atoms with Crippen molar-refractivity contribution in [3.8, 4) is 22.3 Å². The highest BCUT2D eigenvalue weighted by molar-refractivity contribution is 8.02. The minimum absolute atomic E-state index is 0.0447. The Balaban J connectivity index is 1.09.